The van der Waals surface area contributed by atoms with Crippen LogP contribution >= 0.6 is 11.3 Å². The van der Waals surface area contributed by atoms with Gasteiger partial charge >= 0.3 is 0 Å². The van der Waals surface area contributed by atoms with Gasteiger partial charge < -0.3 is 14.5 Å². The van der Waals surface area contributed by atoms with Crippen molar-refractivity contribution in [2.75, 3.05) is 37.7 Å². The van der Waals surface area contributed by atoms with E-state index >= 15 is 0 Å². The average Bonchev–Trinajstić information content (AvgIpc) is 3.44. The summed E-state index contributed by atoms with van der Waals surface area (Å²) in [5.74, 6) is 0.712. The maximum Gasteiger partial charge on any atom is 0.253 e. The van der Waals surface area contributed by atoms with E-state index in [1.165, 1.54) is 15.6 Å². The number of benzene rings is 2. The lowest BCUT2D eigenvalue weighted by atomic mass is 9.95. The Balaban J connectivity index is 1.37. The van der Waals surface area contributed by atoms with Crippen LogP contribution in [-0.2, 0) is 27.8 Å². The van der Waals surface area contributed by atoms with Crippen molar-refractivity contribution in [3.05, 3.63) is 77.2 Å². The van der Waals surface area contributed by atoms with E-state index in [-0.39, 0.29) is 16.7 Å². The highest BCUT2D eigenvalue weighted by molar-refractivity contribution is 7.91. The fourth-order valence-corrected chi connectivity index (χ4v) is 7.54. The first-order valence-electron chi connectivity index (χ1n) is 11.9. The van der Waals surface area contributed by atoms with Gasteiger partial charge in [-0.2, -0.15) is 4.31 Å². The zero-order valence-electron chi connectivity index (χ0n) is 19.7. The van der Waals surface area contributed by atoms with E-state index in [2.05, 4.69) is 4.90 Å². The Hall–Kier alpha value is -2.88. The van der Waals surface area contributed by atoms with Crippen LogP contribution in [0.4, 0.5) is 5.69 Å². The van der Waals surface area contributed by atoms with Crippen molar-refractivity contribution in [1.82, 2.24) is 9.21 Å². The minimum atomic E-state index is -3.78. The van der Waals surface area contributed by atoms with Crippen LogP contribution in [0.25, 0.3) is 0 Å². The number of carbonyl (C=O) groups is 1. The maximum absolute atomic E-state index is 13.8. The fraction of sp³-hybridized carbons (Fsp3) is 0.346. The standard InChI is InChI=1S/C26H29N3O4S2/c1-2-33-24-11-6-5-10-22(24)27-13-15-28(16-14-27)26(30)23-18-20-8-3-4-9-21(20)19-29(23)35(31,32)25-12-7-17-34-25/h3-12,17,23H,2,13-16,18-19H2,1H3/t23-/m0/s1. The molecular weight excluding hydrogens is 482 g/mol. The van der Waals surface area contributed by atoms with Crippen LogP contribution in [0.5, 0.6) is 5.75 Å². The number of nitrogens with zero attached hydrogens (tertiary/aromatic N) is 3. The van der Waals surface area contributed by atoms with Crippen LogP contribution in [0.3, 0.4) is 0 Å². The van der Waals surface area contributed by atoms with Gasteiger partial charge in [0.2, 0.25) is 5.91 Å². The Morgan fingerprint density at radius 1 is 0.971 bits per heavy atom. The monoisotopic (exact) mass is 511 g/mol. The molecule has 184 valence electrons. The lowest BCUT2D eigenvalue weighted by molar-refractivity contribution is -0.136. The summed E-state index contributed by atoms with van der Waals surface area (Å²) in [6.45, 7) is 5.15. The molecule has 1 atom stereocenters. The number of amides is 1. The number of ether oxygens (including phenoxy) is 1. The second kappa shape index (κ2) is 10.0. The number of para-hydroxylation sites is 2. The number of carbonyl (C=O) groups excluding carboxylic acids is 1. The zero-order chi connectivity index (χ0) is 24.4. The molecule has 5 rings (SSSR count). The van der Waals surface area contributed by atoms with E-state index in [0.717, 1.165) is 22.6 Å². The van der Waals surface area contributed by atoms with Crippen LogP contribution in [0.2, 0.25) is 0 Å². The van der Waals surface area contributed by atoms with Gasteiger partial charge in [-0.05, 0) is 48.1 Å². The highest BCUT2D eigenvalue weighted by Gasteiger charge is 2.42. The molecule has 2 aliphatic heterocycles. The van der Waals surface area contributed by atoms with Gasteiger partial charge in [0.05, 0.1) is 12.3 Å². The SMILES string of the molecule is CCOc1ccccc1N1CCN(C(=O)[C@@H]2Cc3ccccc3CN2S(=O)(=O)c2cccs2)CC1. The summed E-state index contributed by atoms with van der Waals surface area (Å²) < 4.78 is 34.5. The lowest BCUT2D eigenvalue weighted by Gasteiger charge is -2.41. The molecule has 1 amide bonds. The molecule has 1 fully saturated rings. The van der Waals surface area contributed by atoms with Crippen molar-refractivity contribution in [3.8, 4) is 5.75 Å². The predicted octanol–water partition coefficient (Wildman–Crippen LogP) is 3.61. The van der Waals surface area contributed by atoms with E-state index < -0.39 is 16.1 Å². The molecule has 35 heavy (non-hydrogen) atoms. The van der Waals surface area contributed by atoms with Crippen LogP contribution in [0.15, 0.2) is 70.3 Å². The quantitative estimate of drug-likeness (QED) is 0.506. The van der Waals surface area contributed by atoms with Crippen molar-refractivity contribution in [3.63, 3.8) is 0 Å². The summed E-state index contributed by atoms with van der Waals surface area (Å²) in [5, 5.41) is 1.75. The minimum absolute atomic E-state index is 0.127. The Bertz CT molecular complexity index is 1290. The van der Waals surface area contributed by atoms with Gasteiger partial charge in [-0.1, -0.05) is 42.5 Å². The van der Waals surface area contributed by atoms with Gasteiger partial charge in [0.15, 0.2) is 0 Å². The van der Waals surface area contributed by atoms with E-state index in [9.17, 15) is 13.2 Å². The number of sulfonamides is 1. The molecule has 0 radical (unpaired) electrons. The molecule has 1 aromatic heterocycles. The van der Waals surface area contributed by atoms with Gasteiger partial charge in [0.1, 0.15) is 16.0 Å². The summed E-state index contributed by atoms with van der Waals surface area (Å²) >= 11 is 1.18. The van der Waals surface area contributed by atoms with Crippen LogP contribution in [-0.4, -0.2) is 62.4 Å². The summed E-state index contributed by atoms with van der Waals surface area (Å²) in [5.41, 5.74) is 3.01. The Kier molecular flexibility index (Phi) is 6.82. The first-order chi connectivity index (χ1) is 17.0. The van der Waals surface area contributed by atoms with Gasteiger partial charge in [-0.3, -0.25) is 4.79 Å². The van der Waals surface area contributed by atoms with Gasteiger partial charge in [-0.15, -0.1) is 11.3 Å². The van der Waals surface area contributed by atoms with E-state index in [1.54, 1.807) is 17.5 Å². The second-order valence-electron chi connectivity index (χ2n) is 8.68. The molecule has 0 unspecified atom stereocenters. The number of thiophene rings is 1. The van der Waals surface area contributed by atoms with Crippen LogP contribution < -0.4 is 9.64 Å². The highest BCUT2D eigenvalue weighted by Crippen LogP contribution is 2.33. The molecule has 1 saturated heterocycles. The average molecular weight is 512 g/mol. The highest BCUT2D eigenvalue weighted by atomic mass is 32.2. The van der Waals surface area contributed by atoms with Gasteiger partial charge in [0, 0.05) is 32.7 Å². The topological polar surface area (TPSA) is 70.2 Å². The number of fused-ring (bicyclic) bond motifs is 1. The Labute approximate surface area is 210 Å². The van der Waals surface area contributed by atoms with Gasteiger partial charge in [-0.25, -0.2) is 8.42 Å². The van der Waals surface area contributed by atoms with E-state index in [0.29, 0.717) is 39.2 Å². The number of hydrogen-bond acceptors (Lipinski definition) is 6. The van der Waals surface area contributed by atoms with Crippen molar-refractivity contribution in [1.29, 1.82) is 0 Å². The number of anilines is 1. The predicted molar refractivity (Wildman–Crippen MR) is 137 cm³/mol. The molecule has 7 nitrogen and oxygen atoms in total. The Morgan fingerprint density at radius 2 is 1.69 bits per heavy atom. The third-order valence-electron chi connectivity index (χ3n) is 6.65. The fourth-order valence-electron chi connectivity index (χ4n) is 4.86. The van der Waals surface area contributed by atoms with Crippen molar-refractivity contribution in [2.24, 2.45) is 0 Å². The van der Waals surface area contributed by atoms with Crippen LogP contribution in [0, 0.1) is 0 Å². The molecule has 0 aliphatic carbocycles. The van der Waals surface area contributed by atoms with Crippen molar-refractivity contribution in [2.45, 2.75) is 30.1 Å². The normalized spacial score (nSPS) is 18.8. The number of piperazine rings is 1. The molecule has 2 aliphatic rings. The summed E-state index contributed by atoms with van der Waals surface area (Å²) in [7, 11) is -3.78. The van der Waals surface area contributed by atoms with Gasteiger partial charge in [0.25, 0.3) is 10.0 Å². The molecule has 9 heteroatoms. The molecule has 0 spiro atoms. The largest absolute Gasteiger partial charge is 0.492 e. The molecule has 0 N–H and O–H groups in total. The maximum atomic E-state index is 13.8. The van der Waals surface area contributed by atoms with Crippen molar-refractivity contribution >= 4 is 33.0 Å². The molecule has 2 aromatic carbocycles. The van der Waals surface area contributed by atoms with Crippen molar-refractivity contribution < 1.29 is 17.9 Å². The minimum Gasteiger partial charge on any atom is -0.492 e. The Morgan fingerprint density at radius 3 is 2.40 bits per heavy atom. The number of hydrogen-bond donors (Lipinski definition) is 0. The summed E-state index contributed by atoms with van der Waals surface area (Å²) in [6.07, 6.45) is 0.382. The molecule has 0 saturated carbocycles. The smallest absolute Gasteiger partial charge is 0.253 e. The third kappa shape index (κ3) is 4.68. The lowest BCUT2D eigenvalue weighted by Crippen LogP contribution is -2.57. The van der Waals surface area contributed by atoms with E-state index in [4.69, 9.17) is 4.74 Å². The molecule has 3 aromatic rings. The zero-order valence-corrected chi connectivity index (χ0v) is 21.3. The second-order valence-corrected chi connectivity index (χ2v) is 11.7. The van der Waals surface area contributed by atoms with E-state index in [1.807, 2.05) is 60.4 Å². The summed E-state index contributed by atoms with van der Waals surface area (Å²) in [6, 6.07) is 18.3. The molecule has 3 heterocycles. The number of rotatable bonds is 6. The molecule has 0 bridgehead atoms. The molecular formula is C26H29N3O4S2. The first kappa shape index (κ1) is 23.8. The third-order valence-corrected chi connectivity index (χ3v) is 9.87. The van der Waals surface area contributed by atoms with Crippen LogP contribution in [0.1, 0.15) is 18.1 Å². The first-order valence-corrected chi connectivity index (χ1v) is 14.2. The summed E-state index contributed by atoms with van der Waals surface area (Å²) in [4.78, 5) is 17.8.